The first kappa shape index (κ1) is 21.0. The van der Waals surface area contributed by atoms with Gasteiger partial charge < -0.3 is 19.5 Å². The molecule has 0 bridgehead atoms. The van der Waals surface area contributed by atoms with Gasteiger partial charge in [-0.25, -0.2) is 13.2 Å². The van der Waals surface area contributed by atoms with E-state index < -0.39 is 33.9 Å². The minimum Gasteiger partial charge on any atom is -0.490 e. The summed E-state index contributed by atoms with van der Waals surface area (Å²) in [6, 6.07) is 4.63. The summed E-state index contributed by atoms with van der Waals surface area (Å²) in [7, 11) is -3.14. The number of hydrogen-bond acceptors (Lipinski definition) is 7. The third-order valence-corrected chi connectivity index (χ3v) is 5.96. The maximum atomic E-state index is 12.2. The minimum absolute atomic E-state index is 0.0377. The minimum atomic E-state index is -3.14. The average molecular weight is 399 g/mol. The largest absolute Gasteiger partial charge is 0.490 e. The summed E-state index contributed by atoms with van der Waals surface area (Å²) in [5.74, 6) is -0.366. The molecule has 2 rings (SSSR count). The summed E-state index contributed by atoms with van der Waals surface area (Å²) in [6.07, 6.45) is 0.339. The lowest BCUT2D eigenvalue weighted by Gasteiger charge is -2.23. The molecule has 1 fully saturated rings. The zero-order valence-corrected chi connectivity index (χ0v) is 16.6. The van der Waals surface area contributed by atoms with Crippen molar-refractivity contribution in [3.8, 4) is 11.5 Å². The number of carbonyl (C=O) groups excluding carboxylic acids is 2. The second-order valence-corrected chi connectivity index (χ2v) is 8.74. The number of rotatable bonds is 8. The summed E-state index contributed by atoms with van der Waals surface area (Å²) < 4.78 is 39.1. The first-order valence-corrected chi connectivity index (χ1v) is 10.6. The fourth-order valence-corrected chi connectivity index (χ4v) is 4.97. The van der Waals surface area contributed by atoms with Crippen molar-refractivity contribution in [2.75, 3.05) is 31.3 Å². The fourth-order valence-electron chi connectivity index (χ4n) is 2.87. The SMILES string of the molecule is CCOc1ccc(C(=O)OCC(=O)N[C@@]2(C)CCS(=O)(=O)C2)cc1OCC. The molecule has 1 amide bonds. The Hall–Kier alpha value is -2.29. The third-order valence-electron chi connectivity index (χ3n) is 4.06. The van der Waals surface area contributed by atoms with Gasteiger partial charge in [-0.05, 0) is 45.4 Å². The molecule has 0 radical (unpaired) electrons. The molecule has 1 aromatic carbocycles. The number of amides is 1. The number of ether oxygens (including phenoxy) is 3. The van der Waals surface area contributed by atoms with E-state index in [4.69, 9.17) is 14.2 Å². The van der Waals surface area contributed by atoms with Crippen LogP contribution in [0.1, 0.15) is 37.6 Å². The third kappa shape index (κ3) is 5.85. The van der Waals surface area contributed by atoms with Crippen LogP contribution in [-0.2, 0) is 19.4 Å². The van der Waals surface area contributed by atoms with E-state index in [0.29, 0.717) is 31.1 Å². The molecule has 8 nitrogen and oxygen atoms in total. The van der Waals surface area contributed by atoms with Gasteiger partial charge in [-0.15, -0.1) is 0 Å². The first-order chi connectivity index (χ1) is 12.7. The van der Waals surface area contributed by atoms with E-state index in [2.05, 4.69) is 5.32 Å². The van der Waals surface area contributed by atoms with Gasteiger partial charge in [-0.1, -0.05) is 0 Å². The maximum absolute atomic E-state index is 12.2. The Bertz CT molecular complexity index is 806. The molecule has 0 saturated carbocycles. The quantitative estimate of drug-likeness (QED) is 0.657. The average Bonchev–Trinajstić information content (AvgIpc) is 2.87. The van der Waals surface area contributed by atoms with Crippen LogP contribution in [0.5, 0.6) is 11.5 Å². The monoisotopic (exact) mass is 399 g/mol. The Balaban J connectivity index is 1.95. The van der Waals surface area contributed by atoms with E-state index in [1.807, 2.05) is 13.8 Å². The summed E-state index contributed by atoms with van der Waals surface area (Å²) in [6.45, 7) is 5.69. The lowest BCUT2D eigenvalue weighted by molar-refractivity contribution is -0.125. The van der Waals surface area contributed by atoms with Gasteiger partial charge in [0.15, 0.2) is 27.9 Å². The Labute approximate surface area is 159 Å². The van der Waals surface area contributed by atoms with Crippen LogP contribution in [0.4, 0.5) is 0 Å². The van der Waals surface area contributed by atoms with Crippen LogP contribution in [0, 0.1) is 0 Å². The molecule has 0 aromatic heterocycles. The fraction of sp³-hybridized carbons (Fsp3) is 0.556. The van der Waals surface area contributed by atoms with Gasteiger partial charge in [0.2, 0.25) is 0 Å². The van der Waals surface area contributed by atoms with Crippen LogP contribution in [0.2, 0.25) is 0 Å². The van der Waals surface area contributed by atoms with E-state index >= 15 is 0 Å². The van der Waals surface area contributed by atoms with E-state index in [9.17, 15) is 18.0 Å². The zero-order valence-electron chi connectivity index (χ0n) is 15.7. The van der Waals surface area contributed by atoms with Crippen molar-refractivity contribution < 1.29 is 32.2 Å². The van der Waals surface area contributed by atoms with Crippen LogP contribution in [0.25, 0.3) is 0 Å². The van der Waals surface area contributed by atoms with Crippen molar-refractivity contribution in [3.63, 3.8) is 0 Å². The van der Waals surface area contributed by atoms with Crippen LogP contribution in [0.3, 0.4) is 0 Å². The van der Waals surface area contributed by atoms with Gasteiger partial charge in [0.1, 0.15) is 0 Å². The van der Waals surface area contributed by atoms with Gasteiger partial charge in [0.25, 0.3) is 5.91 Å². The van der Waals surface area contributed by atoms with Crippen LogP contribution >= 0.6 is 0 Å². The molecular formula is C18H25NO7S. The molecule has 1 aromatic rings. The molecule has 150 valence electrons. The van der Waals surface area contributed by atoms with Crippen molar-refractivity contribution >= 4 is 21.7 Å². The lowest BCUT2D eigenvalue weighted by atomic mass is 10.0. The molecule has 1 aliphatic heterocycles. The van der Waals surface area contributed by atoms with Crippen molar-refractivity contribution in [1.82, 2.24) is 5.32 Å². The summed E-state index contributed by atoms with van der Waals surface area (Å²) in [4.78, 5) is 24.2. The number of hydrogen-bond donors (Lipinski definition) is 1. The van der Waals surface area contributed by atoms with E-state index in [1.54, 1.807) is 13.0 Å². The standard InChI is InChI=1S/C18H25NO7S/c1-4-24-14-7-6-13(10-15(14)25-5-2)17(21)26-11-16(20)19-18(3)8-9-27(22,23)12-18/h6-7,10H,4-5,8-9,11-12H2,1-3H3,(H,19,20)/t18-/m0/s1. The molecule has 1 aliphatic rings. The Morgan fingerprint density at radius 2 is 1.81 bits per heavy atom. The van der Waals surface area contributed by atoms with Crippen molar-refractivity contribution in [1.29, 1.82) is 0 Å². The highest BCUT2D eigenvalue weighted by Crippen LogP contribution is 2.29. The normalized spacial score (nSPS) is 20.7. The predicted octanol–water partition coefficient (Wildman–Crippen LogP) is 1.33. The van der Waals surface area contributed by atoms with Gasteiger partial charge in [0.05, 0.1) is 35.8 Å². The Kier molecular flexibility index (Phi) is 6.69. The topological polar surface area (TPSA) is 108 Å². The molecule has 1 saturated heterocycles. The smallest absolute Gasteiger partial charge is 0.338 e. The van der Waals surface area contributed by atoms with Gasteiger partial charge in [0, 0.05) is 0 Å². The Morgan fingerprint density at radius 3 is 2.41 bits per heavy atom. The summed E-state index contributed by atoms with van der Waals surface area (Å²) in [5, 5.41) is 2.64. The molecule has 1 heterocycles. The summed E-state index contributed by atoms with van der Waals surface area (Å²) >= 11 is 0. The van der Waals surface area contributed by atoms with Gasteiger partial charge >= 0.3 is 5.97 Å². The van der Waals surface area contributed by atoms with E-state index in [-0.39, 0.29) is 17.1 Å². The lowest BCUT2D eigenvalue weighted by Crippen LogP contribution is -2.48. The molecule has 1 N–H and O–H groups in total. The molecule has 0 spiro atoms. The molecule has 27 heavy (non-hydrogen) atoms. The van der Waals surface area contributed by atoms with Gasteiger partial charge in [-0.3, -0.25) is 4.79 Å². The van der Waals surface area contributed by atoms with Crippen LogP contribution in [0.15, 0.2) is 18.2 Å². The predicted molar refractivity (Wildman–Crippen MR) is 98.9 cm³/mol. The maximum Gasteiger partial charge on any atom is 0.338 e. The highest BCUT2D eigenvalue weighted by molar-refractivity contribution is 7.91. The number of nitrogens with one attached hydrogen (secondary N) is 1. The number of sulfone groups is 1. The first-order valence-electron chi connectivity index (χ1n) is 8.76. The second-order valence-electron chi connectivity index (χ2n) is 6.55. The van der Waals surface area contributed by atoms with E-state index in [1.165, 1.54) is 12.1 Å². The second kappa shape index (κ2) is 8.60. The summed E-state index contributed by atoms with van der Waals surface area (Å²) in [5.41, 5.74) is -0.604. The molecule has 0 aliphatic carbocycles. The highest BCUT2D eigenvalue weighted by Gasteiger charge is 2.39. The molecule has 1 atom stereocenters. The van der Waals surface area contributed by atoms with Crippen LogP contribution in [-0.4, -0.2) is 57.2 Å². The molecule has 0 unspecified atom stereocenters. The zero-order chi connectivity index (χ0) is 20.1. The number of carbonyl (C=O) groups is 2. The van der Waals surface area contributed by atoms with Crippen molar-refractivity contribution in [2.24, 2.45) is 0 Å². The van der Waals surface area contributed by atoms with Crippen LogP contribution < -0.4 is 14.8 Å². The number of benzene rings is 1. The highest BCUT2D eigenvalue weighted by atomic mass is 32.2. The van der Waals surface area contributed by atoms with E-state index in [0.717, 1.165) is 0 Å². The van der Waals surface area contributed by atoms with Crippen molar-refractivity contribution in [3.05, 3.63) is 23.8 Å². The molecular weight excluding hydrogens is 374 g/mol. The Morgan fingerprint density at radius 1 is 1.15 bits per heavy atom. The molecule has 9 heteroatoms. The number of esters is 1. The van der Waals surface area contributed by atoms with Crippen molar-refractivity contribution in [2.45, 2.75) is 32.7 Å². The van der Waals surface area contributed by atoms with Gasteiger partial charge in [-0.2, -0.15) is 0 Å².